The van der Waals surface area contributed by atoms with E-state index in [4.69, 9.17) is 0 Å². The first-order chi connectivity index (χ1) is 9.93. The summed E-state index contributed by atoms with van der Waals surface area (Å²) in [6.07, 6.45) is 0. The van der Waals surface area contributed by atoms with Crippen LogP contribution in [0.5, 0.6) is 0 Å². The molecule has 0 amide bonds. The normalized spacial score (nSPS) is 10.5. The average Bonchev–Trinajstić information content (AvgIpc) is 2.54. The highest BCUT2D eigenvalue weighted by atomic mass is 127. The molecule has 0 unspecified atom stereocenters. The third kappa shape index (κ3) is 2.42. The van der Waals surface area contributed by atoms with E-state index in [0.29, 0.717) is 0 Å². The summed E-state index contributed by atoms with van der Waals surface area (Å²) in [5, 5.41) is 5.20. The minimum absolute atomic E-state index is 0. The molecule has 0 fully saturated rings. The zero-order valence-electron chi connectivity index (χ0n) is 11.5. The van der Waals surface area contributed by atoms with Gasteiger partial charge in [-0.2, -0.15) is 0 Å². The Labute approximate surface area is 141 Å². The largest absolute Gasteiger partial charge is 0.107 e. The Kier molecular flexibility index (Phi) is 3.93. The van der Waals surface area contributed by atoms with Crippen molar-refractivity contribution < 1.29 is 0 Å². The van der Waals surface area contributed by atoms with E-state index >= 15 is 0 Å². The van der Waals surface area contributed by atoms with E-state index in [9.17, 15) is 0 Å². The molecule has 4 aromatic rings. The Morgan fingerprint density at radius 2 is 0.762 bits per heavy atom. The zero-order chi connectivity index (χ0) is 13.4. The van der Waals surface area contributed by atoms with Crippen LogP contribution in [0.15, 0.2) is 84.9 Å². The molecule has 1 heteroatoms. The summed E-state index contributed by atoms with van der Waals surface area (Å²) in [6.45, 7) is 0. The van der Waals surface area contributed by atoms with Gasteiger partial charge < -0.3 is 0 Å². The first-order valence-corrected chi connectivity index (χ1v) is 6.89. The molecule has 21 heavy (non-hydrogen) atoms. The van der Waals surface area contributed by atoms with E-state index in [1.165, 1.54) is 32.7 Å². The molecule has 0 heterocycles. The summed E-state index contributed by atoms with van der Waals surface area (Å²) in [4.78, 5) is 0. The predicted molar refractivity (Wildman–Crippen MR) is 102 cm³/mol. The van der Waals surface area contributed by atoms with E-state index in [-0.39, 0.29) is 24.0 Å². The summed E-state index contributed by atoms with van der Waals surface area (Å²) in [6, 6.07) is 30.2. The fourth-order valence-corrected chi connectivity index (χ4v) is 2.92. The second kappa shape index (κ2) is 5.86. The Balaban J connectivity index is 0.00000132. The molecule has 4 aromatic carbocycles. The fraction of sp³-hybridized carbons (Fsp3) is 0. The molecule has 4 rings (SSSR count). The molecule has 0 aliphatic rings. The molecule has 0 nitrogen and oxygen atoms in total. The topological polar surface area (TPSA) is 0 Å². The van der Waals surface area contributed by atoms with Crippen LogP contribution in [0, 0.1) is 0 Å². The Morgan fingerprint density at radius 3 is 1.24 bits per heavy atom. The predicted octanol–water partition coefficient (Wildman–Crippen LogP) is 6.28. The molecule has 0 spiro atoms. The quantitative estimate of drug-likeness (QED) is 0.340. The molecule has 0 saturated carbocycles. The van der Waals surface area contributed by atoms with Crippen LogP contribution in [0.2, 0.25) is 0 Å². The van der Waals surface area contributed by atoms with E-state index in [1.54, 1.807) is 0 Å². The minimum atomic E-state index is 0. The molecular formula is C20H15I. The van der Waals surface area contributed by atoms with Crippen molar-refractivity contribution in [2.24, 2.45) is 0 Å². The molecule has 0 atom stereocenters. The highest BCUT2D eigenvalue weighted by Crippen LogP contribution is 2.33. The van der Waals surface area contributed by atoms with Crippen molar-refractivity contribution >= 4 is 45.5 Å². The van der Waals surface area contributed by atoms with Gasteiger partial charge in [0.25, 0.3) is 0 Å². The Bertz CT molecular complexity index is 821. The second-order valence-electron chi connectivity index (χ2n) is 5.05. The van der Waals surface area contributed by atoms with Crippen LogP contribution in [-0.4, -0.2) is 0 Å². The standard InChI is InChI=1S/C20H14.HI/c1-3-11-17-15(7-1)9-5-13-19(17)20-14-6-10-16-8-2-4-12-18(16)20;/h1-14H;1H. The first-order valence-electron chi connectivity index (χ1n) is 6.89. The lowest BCUT2D eigenvalue weighted by atomic mass is 9.94. The van der Waals surface area contributed by atoms with Crippen LogP contribution in [-0.2, 0) is 0 Å². The van der Waals surface area contributed by atoms with Gasteiger partial charge in [0, 0.05) is 0 Å². The van der Waals surface area contributed by atoms with Gasteiger partial charge in [-0.25, -0.2) is 0 Å². The zero-order valence-corrected chi connectivity index (χ0v) is 13.8. The highest BCUT2D eigenvalue weighted by molar-refractivity contribution is 14.0. The van der Waals surface area contributed by atoms with Crippen LogP contribution in [0.25, 0.3) is 32.7 Å². The van der Waals surface area contributed by atoms with E-state index < -0.39 is 0 Å². The van der Waals surface area contributed by atoms with Crippen LogP contribution in [0.3, 0.4) is 0 Å². The summed E-state index contributed by atoms with van der Waals surface area (Å²) >= 11 is 0. The van der Waals surface area contributed by atoms with Crippen molar-refractivity contribution in [3.05, 3.63) is 84.9 Å². The molecule has 102 valence electrons. The lowest BCUT2D eigenvalue weighted by molar-refractivity contribution is 1.68. The van der Waals surface area contributed by atoms with Crippen molar-refractivity contribution in [1.29, 1.82) is 0 Å². The second-order valence-corrected chi connectivity index (χ2v) is 5.05. The Morgan fingerprint density at radius 1 is 0.381 bits per heavy atom. The Hall–Kier alpha value is -1.87. The maximum absolute atomic E-state index is 2.21. The van der Waals surface area contributed by atoms with Crippen molar-refractivity contribution in [3.63, 3.8) is 0 Å². The van der Waals surface area contributed by atoms with Crippen molar-refractivity contribution in [1.82, 2.24) is 0 Å². The molecule has 0 bridgehead atoms. The highest BCUT2D eigenvalue weighted by Gasteiger charge is 2.06. The van der Waals surface area contributed by atoms with E-state index in [2.05, 4.69) is 84.9 Å². The SMILES string of the molecule is I.c1ccc2c(-c3cccc4ccccc34)cccc2c1. The van der Waals surface area contributed by atoms with Gasteiger partial charge in [0.2, 0.25) is 0 Å². The van der Waals surface area contributed by atoms with Gasteiger partial charge in [-0.15, -0.1) is 24.0 Å². The molecule has 0 aliphatic carbocycles. The minimum Gasteiger partial charge on any atom is -0.107 e. The summed E-state index contributed by atoms with van der Waals surface area (Å²) in [5.74, 6) is 0. The molecular weight excluding hydrogens is 367 g/mol. The van der Waals surface area contributed by atoms with E-state index in [0.717, 1.165) is 0 Å². The van der Waals surface area contributed by atoms with Gasteiger partial charge in [-0.3, -0.25) is 0 Å². The van der Waals surface area contributed by atoms with Crippen LogP contribution >= 0.6 is 24.0 Å². The monoisotopic (exact) mass is 382 g/mol. The fourth-order valence-electron chi connectivity index (χ4n) is 2.92. The van der Waals surface area contributed by atoms with E-state index in [1.807, 2.05) is 0 Å². The van der Waals surface area contributed by atoms with Gasteiger partial charge in [-0.05, 0) is 32.7 Å². The van der Waals surface area contributed by atoms with Gasteiger partial charge in [0.1, 0.15) is 0 Å². The van der Waals surface area contributed by atoms with Crippen molar-refractivity contribution in [3.8, 4) is 11.1 Å². The first kappa shape index (κ1) is 14.1. The van der Waals surface area contributed by atoms with Crippen LogP contribution < -0.4 is 0 Å². The van der Waals surface area contributed by atoms with Crippen molar-refractivity contribution in [2.75, 3.05) is 0 Å². The summed E-state index contributed by atoms with van der Waals surface area (Å²) in [5.41, 5.74) is 2.61. The van der Waals surface area contributed by atoms with Crippen LogP contribution in [0.1, 0.15) is 0 Å². The van der Waals surface area contributed by atoms with Gasteiger partial charge in [-0.1, -0.05) is 84.9 Å². The van der Waals surface area contributed by atoms with Gasteiger partial charge in [0.15, 0.2) is 0 Å². The number of hydrogen-bond acceptors (Lipinski definition) is 0. The molecule has 0 aliphatic heterocycles. The number of fused-ring (bicyclic) bond motifs is 2. The lowest BCUT2D eigenvalue weighted by Gasteiger charge is -2.10. The summed E-state index contributed by atoms with van der Waals surface area (Å²) < 4.78 is 0. The van der Waals surface area contributed by atoms with Gasteiger partial charge in [0.05, 0.1) is 0 Å². The van der Waals surface area contributed by atoms with Crippen molar-refractivity contribution in [2.45, 2.75) is 0 Å². The number of halogens is 1. The number of rotatable bonds is 1. The third-order valence-electron chi connectivity index (χ3n) is 3.87. The molecule has 0 saturated heterocycles. The number of hydrogen-bond donors (Lipinski definition) is 0. The average molecular weight is 382 g/mol. The van der Waals surface area contributed by atoms with Gasteiger partial charge >= 0.3 is 0 Å². The van der Waals surface area contributed by atoms with Crippen LogP contribution in [0.4, 0.5) is 0 Å². The molecule has 0 radical (unpaired) electrons. The summed E-state index contributed by atoms with van der Waals surface area (Å²) in [7, 11) is 0. The maximum Gasteiger partial charge on any atom is -0.00992 e. The third-order valence-corrected chi connectivity index (χ3v) is 3.87. The number of benzene rings is 4. The molecule has 0 N–H and O–H groups in total. The maximum atomic E-state index is 2.21. The molecule has 0 aromatic heterocycles. The smallest absolute Gasteiger partial charge is 0.00992 e. The lowest BCUT2D eigenvalue weighted by Crippen LogP contribution is -1.83.